The number of rotatable bonds is 4. The summed E-state index contributed by atoms with van der Waals surface area (Å²) in [5, 5.41) is 10.5. The van der Waals surface area contributed by atoms with Gasteiger partial charge in [-0.05, 0) is 67.0 Å². The van der Waals surface area contributed by atoms with Crippen LogP contribution in [0.15, 0.2) is 66.0 Å². The first-order valence-corrected chi connectivity index (χ1v) is 9.44. The van der Waals surface area contributed by atoms with Crippen LogP contribution in [0.5, 0.6) is 0 Å². The lowest BCUT2D eigenvalue weighted by molar-refractivity contribution is 0.0980. The highest BCUT2D eigenvalue weighted by molar-refractivity contribution is 7.80. The van der Waals surface area contributed by atoms with Crippen molar-refractivity contribution in [2.75, 3.05) is 10.6 Å². The van der Waals surface area contributed by atoms with Crippen LogP contribution in [0.25, 0.3) is 0 Å². The molecule has 0 saturated heterocycles. The molecular formula is C20H17N3O2S2. The number of hydrogen-bond acceptors (Lipinski definition) is 4. The van der Waals surface area contributed by atoms with Crippen molar-refractivity contribution < 1.29 is 9.59 Å². The molecule has 0 aliphatic rings. The molecule has 7 heteroatoms. The van der Waals surface area contributed by atoms with E-state index in [2.05, 4.69) is 16.0 Å². The van der Waals surface area contributed by atoms with Crippen LogP contribution < -0.4 is 16.0 Å². The van der Waals surface area contributed by atoms with E-state index in [-0.39, 0.29) is 16.9 Å². The first-order valence-electron chi connectivity index (χ1n) is 8.15. The van der Waals surface area contributed by atoms with Gasteiger partial charge in [-0.1, -0.05) is 23.8 Å². The molecule has 5 nitrogen and oxygen atoms in total. The van der Waals surface area contributed by atoms with E-state index in [1.807, 2.05) is 30.5 Å². The number of thiocarbonyl (C=S) groups is 1. The van der Waals surface area contributed by atoms with E-state index < -0.39 is 0 Å². The topological polar surface area (TPSA) is 70.2 Å². The highest BCUT2D eigenvalue weighted by Gasteiger charge is 2.09. The number of nitrogens with one attached hydrogen (secondary N) is 3. The fourth-order valence-corrected chi connectivity index (χ4v) is 3.19. The van der Waals surface area contributed by atoms with Gasteiger partial charge < -0.3 is 10.6 Å². The van der Waals surface area contributed by atoms with E-state index in [9.17, 15) is 9.59 Å². The Morgan fingerprint density at radius 2 is 1.59 bits per heavy atom. The Morgan fingerprint density at radius 1 is 0.889 bits per heavy atom. The van der Waals surface area contributed by atoms with E-state index in [1.165, 1.54) is 11.3 Å². The molecule has 0 saturated carbocycles. The van der Waals surface area contributed by atoms with Gasteiger partial charge in [-0.3, -0.25) is 14.9 Å². The van der Waals surface area contributed by atoms with Gasteiger partial charge in [0, 0.05) is 16.9 Å². The minimum atomic E-state index is -0.246. The summed E-state index contributed by atoms with van der Waals surface area (Å²) in [7, 11) is 0. The molecule has 0 aliphatic heterocycles. The van der Waals surface area contributed by atoms with Crippen LogP contribution in [-0.2, 0) is 0 Å². The Bertz CT molecular complexity index is 967. The average molecular weight is 396 g/mol. The molecule has 0 spiro atoms. The lowest BCUT2D eigenvalue weighted by Gasteiger charge is -2.10. The average Bonchev–Trinajstić information content (AvgIpc) is 3.18. The van der Waals surface area contributed by atoms with Crippen molar-refractivity contribution in [2.24, 2.45) is 0 Å². The van der Waals surface area contributed by atoms with Gasteiger partial charge in [-0.15, -0.1) is 11.3 Å². The molecule has 1 heterocycles. The molecular weight excluding hydrogens is 378 g/mol. The normalized spacial score (nSPS) is 10.1. The Morgan fingerprint density at radius 3 is 2.22 bits per heavy atom. The molecule has 2 aromatic carbocycles. The first kappa shape index (κ1) is 18.8. The summed E-state index contributed by atoms with van der Waals surface area (Å²) in [5.74, 6) is -0.414. The Balaban J connectivity index is 1.56. The smallest absolute Gasteiger partial charge is 0.267 e. The van der Waals surface area contributed by atoms with Crippen molar-refractivity contribution >= 4 is 51.9 Å². The molecule has 3 rings (SSSR count). The third kappa shape index (κ3) is 5.22. The molecule has 1 aromatic heterocycles. The molecule has 136 valence electrons. The second-order valence-electron chi connectivity index (χ2n) is 5.79. The zero-order valence-corrected chi connectivity index (χ0v) is 16.1. The summed E-state index contributed by atoms with van der Waals surface area (Å²) in [6.45, 7) is 1.94. The third-order valence-electron chi connectivity index (χ3n) is 3.65. The van der Waals surface area contributed by atoms with Crippen molar-refractivity contribution in [3.8, 4) is 0 Å². The summed E-state index contributed by atoms with van der Waals surface area (Å²) in [5.41, 5.74) is 3.01. The molecule has 0 atom stereocenters. The van der Waals surface area contributed by atoms with E-state index >= 15 is 0 Å². The Kier molecular flexibility index (Phi) is 5.95. The minimum Gasteiger partial charge on any atom is -0.332 e. The molecule has 0 fully saturated rings. The number of amides is 2. The van der Waals surface area contributed by atoms with Crippen molar-refractivity contribution in [3.05, 3.63) is 82.0 Å². The predicted octanol–water partition coefficient (Wildman–Crippen LogP) is 4.44. The maximum absolute atomic E-state index is 12.3. The second kappa shape index (κ2) is 8.57. The molecule has 3 aromatic rings. The van der Waals surface area contributed by atoms with Gasteiger partial charge in [0.15, 0.2) is 5.11 Å². The molecule has 27 heavy (non-hydrogen) atoms. The molecule has 2 amide bonds. The number of hydrogen-bond donors (Lipinski definition) is 3. The van der Waals surface area contributed by atoms with Gasteiger partial charge in [0.05, 0.1) is 4.88 Å². The van der Waals surface area contributed by atoms with Gasteiger partial charge in [0.2, 0.25) is 0 Å². The minimum absolute atomic E-state index is 0.168. The van der Waals surface area contributed by atoms with Crippen LogP contribution >= 0.6 is 23.6 Å². The Labute approximate surface area is 166 Å². The summed E-state index contributed by atoms with van der Waals surface area (Å²) >= 11 is 6.50. The summed E-state index contributed by atoms with van der Waals surface area (Å²) in [6.07, 6.45) is 0. The standard InChI is InChI=1S/C20H17N3O2S2/c1-13-4-2-5-14(12-13)18(24)21-15-7-9-16(10-8-15)22-20(26)23-19(25)17-6-3-11-27-17/h2-12H,1H3,(H,21,24)(H2,22,23,25,26). The summed E-state index contributed by atoms with van der Waals surface area (Å²) in [6, 6.07) is 18.0. The van der Waals surface area contributed by atoms with Crippen molar-refractivity contribution in [3.63, 3.8) is 0 Å². The van der Waals surface area contributed by atoms with Gasteiger partial charge >= 0.3 is 0 Å². The fourth-order valence-electron chi connectivity index (χ4n) is 2.36. The van der Waals surface area contributed by atoms with Crippen LogP contribution in [0.2, 0.25) is 0 Å². The van der Waals surface area contributed by atoms with Gasteiger partial charge in [-0.2, -0.15) is 0 Å². The van der Waals surface area contributed by atoms with E-state index in [0.717, 1.165) is 5.56 Å². The lowest BCUT2D eigenvalue weighted by Crippen LogP contribution is -2.33. The lowest BCUT2D eigenvalue weighted by atomic mass is 10.1. The second-order valence-corrected chi connectivity index (χ2v) is 7.14. The van der Waals surface area contributed by atoms with Crippen LogP contribution in [0.3, 0.4) is 0 Å². The number of anilines is 2. The quantitative estimate of drug-likeness (QED) is 0.572. The molecule has 0 radical (unpaired) electrons. The van der Waals surface area contributed by atoms with E-state index in [0.29, 0.717) is 21.8 Å². The number of thiophene rings is 1. The van der Waals surface area contributed by atoms with Gasteiger partial charge in [-0.25, -0.2) is 0 Å². The fraction of sp³-hybridized carbons (Fsp3) is 0.0500. The van der Waals surface area contributed by atoms with Crippen LogP contribution in [0.4, 0.5) is 11.4 Å². The van der Waals surface area contributed by atoms with Gasteiger partial charge in [0.1, 0.15) is 0 Å². The van der Waals surface area contributed by atoms with E-state index in [1.54, 1.807) is 42.5 Å². The molecule has 3 N–H and O–H groups in total. The van der Waals surface area contributed by atoms with E-state index in [4.69, 9.17) is 12.2 Å². The maximum Gasteiger partial charge on any atom is 0.267 e. The van der Waals surface area contributed by atoms with Gasteiger partial charge in [0.25, 0.3) is 11.8 Å². The summed E-state index contributed by atoms with van der Waals surface area (Å²) < 4.78 is 0. The molecule has 0 aliphatic carbocycles. The number of aryl methyl sites for hydroxylation is 1. The zero-order chi connectivity index (χ0) is 19.2. The van der Waals surface area contributed by atoms with Crippen LogP contribution in [0.1, 0.15) is 25.6 Å². The maximum atomic E-state index is 12.3. The Hall–Kier alpha value is -3.03. The van der Waals surface area contributed by atoms with Crippen molar-refractivity contribution in [2.45, 2.75) is 6.92 Å². The third-order valence-corrected chi connectivity index (χ3v) is 4.73. The van der Waals surface area contributed by atoms with Crippen molar-refractivity contribution in [1.29, 1.82) is 0 Å². The van der Waals surface area contributed by atoms with Crippen LogP contribution in [0, 0.1) is 6.92 Å². The molecule has 0 unspecified atom stereocenters. The SMILES string of the molecule is Cc1cccc(C(=O)Nc2ccc(NC(=S)NC(=O)c3cccs3)cc2)c1. The highest BCUT2D eigenvalue weighted by atomic mass is 32.1. The summed E-state index contributed by atoms with van der Waals surface area (Å²) in [4.78, 5) is 24.8. The zero-order valence-electron chi connectivity index (χ0n) is 14.5. The van der Waals surface area contributed by atoms with Crippen molar-refractivity contribution in [1.82, 2.24) is 5.32 Å². The molecule has 0 bridgehead atoms. The largest absolute Gasteiger partial charge is 0.332 e. The number of carbonyl (C=O) groups is 2. The number of carbonyl (C=O) groups excluding carboxylic acids is 2. The highest BCUT2D eigenvalue weighted by Crippen LogP contribution is 2.15. The van der Waals surface area contributed by atoms with Crippen LogP contribution in [-0.4, -0.2) is 16.9 Å². The number of benzene rings is 2. The monoisotopic (exact) mass is 395 g/mol. The first-order chi connectivity index (χ1) is 13.0. The predicted molar refractivity (Wildman–Crippen MR) is 114 cm³/mol.